The lowest BCUT2D eigenvalue weighted by molar-refractivity contribution is -0.116. The van der Waals surface area contributed by atoms with E-state index in [4.69, 9.17) is 20.9 Å². The minimum absolute atomic E-state index is 0.132. The maximum Gasteiger partial charge on any atom is 0.242 e. The van der Waals surface area contributed by atoms with Gasteiger partial charge in [0.25, 0.3) is 0 Å². The molecule has 0 bridgehead atoms. The fourth-order valence-corrected chi connectivity index (χ4v) is 3.57. The molecule has 1 aromatic carbocycles. The number of aryl methyl sites for hydroxylation is 1. The molecular weight excluding hydrogens is 360 g/mol. The van der Waals surface area contributed by atoms with Crippen molar-refractivity contribution >= 4 is 34.5 Å². The van der Waals surface area contributed by atoms with E-state index in [1.807, 2.05) is 48.7 Å². The zero-order valence-electron chi connectivity index (χ0n) is 13.9. The number of anilines is 1. The number of methoxy groups -OCH3 is 1. The molecule has 0 atom stereocenters. The number of alkyl halides is 1. The number of carbonyl (C=O) groups is 1. The van der Waals surface area contributed by atoms with E-state index in [-0.39, 0.29) is 11.8 Å². The van der Waals surface area contributed by atoms with Crippen molar-refractivity contribution in [2.45, 2.75) is 13.5 Å². The van der Waals surface area contributed by atoms with E-state index in [0.717, 1.165) is 16.2 Å². The second-order valence-corrected chi connectivity index (χ2v) is 6.61. The largest absolute Gasteiger partial charge is 0.496 e. The number of hydrogen-bond acceptors (Lipinski definition) is 5. The van der Waals surface area contributed by atoms with Crippen molar-refractivity contribution in [2.24, 2.45) is 0 Å². The van der Waals surface area contributed by atoms with Crippen LogP contribution < -0.4 is 9.64 Å². The minimum atomic E-state index is -0.222. The molecule has 1 amide bonds. The van der Waals surface area contributed by atoms with Gasteiger partial charge in [0, 0.05) is 5.56 Å². The minimum Gasteiger partial charge on any atom is -0.496 e. The van der Waals surface area contributed by atoms with Crippen molar-refractivity contribution in [1.29, 1.82) is 0 Å². The Morgan fingerprint density at radius 2 is 2.08 bits per heavy atom. The van der Waals surface area contributed by atoms with Crippen molar-refractivity contribution in [3.05, 3.63) is 52.3 Å². The van der Waals surface area contributed by atoms with Gasteiger partial charge in [-0.2, -0.15) is 0 Å². The maximum atomic E-state index is 12.6. The molecule has 25 heavy (non-hydrogen) atoms. The summed E-state index contributed by atoms with van der Waals surface area (Å²) in [5.74, 6) is 0.937. The Hall–Kier alpha value is -2.31. The predicted molar refractivity (Wildman–Crippen MR) is 99.5 cm³/mol. The van der Waals surface area contributed by atoms with Gasteiger partial charge < -0.3 is 14.2 Å². The van der Waals surface area contributed by atoms with Gasteiger partial charge in [0.1, 0.15) is 23.0 Å². The van der Waals surface area contributed by atoms with Crippen LogP contribution in [0.15, 0.2) is 46.3 Å². The van der Waals surface area contributed by atoms with E-state index in [1.54, 1.807) is 12.0 Å². The van der Waals surface area contributed by atoms with Crippen molar-refractivity contribution < 1.29 is 14.1 Å². The lowest BCUT2D eigenvalue weighted by atomic mass is 10.1. The number of rotatable bonds is 6. The molecule has 130 valence electrons. The molecule has 3 aromatic rings. The smallest absolute Gasteiger partial charge is 0.242 e. The topological polar surface area (TPSA) is 55.6 Å². The van der Waals surface area contributed by atoms with E-state index < -0.39 is 0 Å². The summed E-state index contributed by atoms with van der Waals surface area (Å²) in [5, 5.41) is 5.99. The number of hydrogen-bond donors (Lipinski definition) is 0. The van der Waals surface area contributed by atoms with Gasteiger partial charge in [-0.1, -0.05) is 35.5 Å². The van der Waals surface area contributed by atoms with Gasteiger partial charge in [-0.25, -0.2) is 0 Å². The molecule has 0 radical (unpaired) electrons. The number of amides is 1. The first kappa shape index (κ1) is 17.5. The van der Waals surface area contributed by atoms with E-state index in [1.165, 1.54) is 11.3 Å². The van der Waals surface area contributed by atoms with Gasteiger partial charge >= 0.3 is 0 Å². The van der Waals surface area contributed by atoms with Gasteiger partial charge in [-0.15, -0.1) is 22.9 Å². The summed E-state index contributed by atoms with van der Waals surface area (Å²) < 4.78 is 10.9. The number of thiophene rings is 1. The third-order valence-corrected chi connectivity index (χ3v) is 4.89. The van der Waals surface area contributed by atoms with E-state index in [2.05, 4.69) is 5.16 Å². The normalized spacial score (nSPS) is 10.7. The summed E-state index contributed by atoms with van der Waals surface area (Å²) in [4.78, 5) is 15.1. The number of halogens is 1. The van der Waals surface area contributed by atoms with Crippen LogP contribution in [0.3, 0.4) is 0 Å². The Kier molecular flexibility index (Phi) is 5.40. The van der Waals surface area contributed by atoms with Gasteiger partial charge in [0.2, 0.25) is 5.91 Å². The van der Waals surface area contributed by atoms with Crippen LogP contribution in [0, 0.1) is 6.92 Å². The number of aromatic nitrogens is 1. The van der Waals surface area contributed by atoms with Crippen LogP contribution >= 0.6 is 22.9 Å². The summed E-state index contributed by atoms with van der Waals surface area (Å²) >= 11 is 7.38. The Morgan fingerprint density at radius 1 is 1.32 bits per heavy atom. The summed E-state index contributed by atoms with van der Waals surface area (Å²) in [7, 11) is 1.61. The molecule has 5 nitrogen and oxygen atoms in total. The van der Waals surface area contributed by atoms with Crippen molar-refractivity contribution in [3.8, 4) is 17.1 Å². The van der Waals surface area contributed by atoms with E-state index in [9.17, 15) is 4.79 Å². The van der Waals surface area contributed by atoms with Gasteiger partial charge in [-0.3, -0.25) is 4.79 Å². The zero-order valence-corrected chi connectivity index (χ0v) is 15.4. The first-order valence-corrected chi connectivity index (χ1v) is 9.05. The summed E-state index contributed by atoms with van der Waals surface area (Å²) in [6.45, 7) is 2.15. The van der Waals surface area contributed by atoms with Crippen molar-refractivity contribution in [3.63, 3.8) is 0 Å². The molecule has 2 aromatic heterocycles. The zero-order chi connectivity index (χ0) is 17.8. The fraction of sp³-hybridized carbons (Fsp3) is 0.222. The van der Waals surface area contributed by atoms with Crippen LogP contribution in [0.5, 0.6) is 5.75 Å². The molecule has 0 aliphatic carbocycles. The fourth-order valence-electron chi connectivity index (χ4n) is 2.60. The molecule has 0 spiro atoms. The number of benzene rings is 1. The van der Waals surface area contributed by atoms with Crippen LogP contribution in [0.4, 0.5) is 5.69 Å². The van der Waals surface area contributed by atoms with Crippen LogP contribution in [-0.4, -0.2) is 24.1 Å². The van der Waals surface area contributed by atoms with Crippen LogP contribution in [0.1, 0.15) is 10.6 Å². The Morgan fingerprint density at radius 3 is 2.76 bits per heavy atom. The highest BCUT2D eigenvalue weighted by molar-refractivity contribution is 7.10. The quantitative estimate of drug-likeness (QED) is 0.595. The highest BCUT2D eigenvalue weighted by Crippen LogP contribution is 2.36. The molecular formula is C18H17ClN2O3S. The summed E-state index contributed by atoms with van der Waals surface area (Å²) in [6, 6.07) is 11.4. The van der Waals surface area contributed by atoms with Crippen molar-refractivity contribution in [1.82, 2.24) is 5.16 Å². The molecule has 0 fully saturated rings. The predicted octanol–water partition coefficient (Wildman–Crippen LogP) is 4.49. The first-order valence-electron chi connectivity index (χ1n) is 7.64. The summed E-state index contributed by atoms with van der Waals surface area (Å²) in [6.07, 6.45) is 0. The monoisotopic (exact) mass is 376 g/mol. The Bertz CT molecular complexity index is 860. The maximum absolute atomic E-state index is 12.6. The summed E-state index contributed by atoms with van der Waals surface area (Å²) in [5.41, 5.74) is 2.11. The van der Waals surface area contributed by atoms with Gasteiger partial charge in [0.05, 0.1) is 18.5 Å². The molecule has 0 unspecified atom stereocenters. The molecule has 0 N–H and O–H groups in total. The van der Waals surface area contributed by atoms with Gasteiger partial charge in [-0.05, 0) is 18.4 Å². The second kappa shape index (κ2) is 7.72. The van der Waals surface area contributed by atoms with Crippen LogP contribution in [0.25, 0.3) is 11.3 Å². The Balaban J connectivity index is 2.06. The standard InChI is InChI=1S/C18H17ClN2O3S/c1-12-17(18(24-20-12)13-6-4-3-5-7-13)21(16(22)10-19)11-15-14(23-2)8-9-25-15/h3-9H,10-11H2,1-2H3. The average molecular weight is 377 g/mol. The molecule has 0 saturated carbocycles. The molecule has 0 aliphatic heterocycles. The van der Waals surface area contributed by atoms with E-state index in [0.29, 0.717) is 23.7 Å². The highest BCUT2D eigenvalue weighted by Gasteiger charge is 2.26. The average Bonchev–Trinajstić information content (AvgIpc) is 3.25. The highest BCUT2D eigenvalue weighted by atomic mass is 35.5. The van der Waals surface area contributed by atoms with Gasteiger partial charge in [0.15, 0.2) is 5.76 Å². The van der Waals surface area contributed by atoms with Crippen LogP contribution in [-0.2, 0) is 11.3 Å². The Labute approximate surface area is 154 Å². The molecule has 3 rings (SSSR count). The lowest BCUT2D eigenvalue weighted by Gasteiger charge is -2.22. The third kappa shape index (κ3) is 3.55. The molecule has 0 saturated heterocycles. The number of ether oxygens (including phenoxy) is 1. The molecule has 2 heterocycles. The molecule has 0 aliphatic rings. The number of nitrogens with zero attached hydrogens (tertiary/aromatic N) is 2. The SMILES string of the molecule is COc1ccsc1CN(C(=O)CCl)c1c(C)noc1-c1ccccc1. The lowest BCUT2D eigenvalue weighted by Crippen LogP contribution is -2.31. The second-order valence-electron chi connectivity index (χ2n) is 5.34. The third-order valence-electron chi connectivity index (χ3n) is 3.78. The van der Waals surface area contributed by atoms with Crippen LogP contribution in [0.2, 0.25) is 0 Å². The number of carbonyl (C=O) groups excluding carboxylic acids is 1. The molecule has 7 heteroatoms. The first-order chi connectivity index (χ1) is 12.2. The van der Waals surface area contributed by atoms with E-state index >= 15 is 0 Å². The van der Waals surface area contributed by atoms with Crippen molar-refractivity contribution in [2.75, 3.05) is 17.9 Å².